The Kier molecular flexibility index (Phi) is 4.20. The van der Waals surface area contributed by atoms with E-state index in [1.165, 1.54) is 0 Å². The molecule has 0 N–H and O–H groups in total. The minimum atomic E-state index is -0.268. The summed E-state index contributed by atoms with van der Waals surface area (Å²) in [6.45, 7) is 6.38. The molecule has 0 aliphatic carbocycles. The van der Waals surface area contributed by atoms with Gasteiger partial charge >= 0.3 is 7.12 Å². The number of benzene rings is 1. The van der Waals surface area contributed by atoms with Gasteiger partial charge in [0, 0.05) is 5.33 Å². The Morgan fingerprint density at radius 3 is 2.39 bits per heavy atom. The zero-order chi connectivity index (χ0) is 13.2. The van der Waals surface area contributed by atoms with Crippen molar-refractivity contribution in [1.29, 1.82) is 0 Å². The van der Waals surface area contributed by atoms with Crippen molar-refractivity contribution < 1.29 is 9.31 Å². The first kappa shape index (κ1) is 14.1. The Balaban J connectivity index is 2.16. The third-order valence-electron chi connectivity index (χ3n) is 3.90. The second-order valence-electron chi connectivity index (χ2n) is 5.51. The summed E-state index contributed by atoms with van der Waals surface area (Å²) in [5.74, 6) is 0. The van der Waals surface area contributed by atoms with Crippen molar-refractivity contribution in [2.24, 2.45) is 0 Å². The molecule has 1 aliphatic heterocycles. The van der Waals surface area contributed by atoms with Crippen LogP contribution in [0.15, 0.2) is 30.3 Å². The van der Waals surface area contributed by atoms with Crippen LogP contribution >= 0.6 is 15.9 Å². The van der Waals surface area contributed by atoms with Gasteiger partial charge in [-0.2, -0.15) is 0 Å². The largest absolute Gasteiger partial charge is 0.494 e. The van der Waals surface area contributed by atoms with E-state index in [-0.39, 0.29) is 18.3 Å². The molecule has 2 rings (SSSR count). The molecule has 2 nitrogen and oxygen atoms in total. The van der Waals surface area contributed by atoms with Crippen LogP contribution in [-0.4, -0.2) is 23.7 Å². The van der Waals surface area contributed by atoms with Crippen LogP contribution in [0.3, 0.4) is 0 Å². The van der Waals surface area contributed by atoms with Crippen molar-refractivity contribution in [1.82, 2.24) is 0 Å². The fourth-order valence-corrected chi connectivity index (χ4v) is 2.59. The first-order valence-electron chi connectivity index (χ1n) is 6.45. The van der Waals surface area contributed by atoms with Crippen molar-refractivity contribution in [2.45, 2.75) is 44.8 Å². The third-order valence-corrected chi connectivity index (χ3v) is 4.46. The maximum atomic E-state index is 6.21. The highest BCUT2D eigenvalue weighted by molar-refractivity contribution is 9.09. The van der Waals surface area contributed by atoms with Gasteiger partial charge in [0.2, 0.25) is 0 Å². The summed E-state index contributed by atoms with van der Waals surface area (Å²) in [6.07, 6.45) is 2.08. The Hall–Kier alpha value is -0.315. The molecule has 1 atom stereocenters. The molecule has 0 bridgehead atoms. The molecule has 1 aliphatic rings. The normalized spacial score (nSPS) is 26.6. The summed E-state index contributed by atoms with van der Waals surface area (Å²) >= 11 is 3.48. The molecule has 4 heteroatoms. The zero-order valence-electron chi connectivity index (χ0n) is 11.3. The zero-order valence-corrected chi connectivity index (χ0v) is 12.9. The Morgan fingerprint density at radius 1 is 1.11 bits per heavy atom. The molecule has 0 amide bonds. The highest BCUT2D eigenvalue weighted by Gasteiger charge is 2.53. The lowest BCUT2D eigenvalue weighted by molar-refractivity contribution is -0.0157. The van der Waals surface area contributed by atoms with Crippen molar-refractivity contribution in [3.05, 3.63) is 30.3 Å². The van der Waals surface area contributed by atoms with E-state index in [0.29, 0.717) is 0 Å². The lowest BCUT2D eigenvalue weighted by Gasteiger charge is -2.36. The first-order chi connectivity index (χ1) is 8.48. The van der Waals surface area contributed by atoms with Gasteiger partial charge in [0.1, 0.15) is 0 Å². The molecule has 0 spiro atoms. The molecule has 1 aromatic rings. The lowest BCUT2D eigenvalue weighted by Crippen LogP contribution is -2.44. The smallest absolute Gasteiger partial charge is 0.399 e. The molecule has 1 heterocycles. The highest BCUT2D eigenvalue weighted by atomic mass is 79.9. The van der Waals surface area contributed by atoms with E-state index in [2.05, 4.69) is 48.8 Å². The van der Waals surface area contributed by atoms with Crippen LogP contribution < -0.4 is 5.46 Å². The number of alkyl halides is 1. The van der Waals surface area contributed by atoms with Crippen LogP contribution in [0.5, 0.6) is 0 Å². The molecule has 18 heavy (non-hydrogen) atoms. The number of halogens is 1. The average molecular weight is 311 g/mol. The van der Waals surface area contributed by atoms with Crippen LogP contribution in [0.2, 0.25) is 0 Å². The lowest BCUT2D eigenvalue weighted by atomic mass is 9.79. The van der Waals surface area contributed by atoms with Crippen molar-refractivity contribution in [2.75, 3.05) is 5.33 Å². The van der Waals surface area contributed by atoms with Gasteiger partial charge in [-0.05, 0) is 39.1 Å². The van der Waals surface area contributed by atoms with E-state index in [4.69, 9.17) is 9.31 Å². The second kappa shape index (κ2) is 5.36. The number of hydrogen-bond acceptors (Lipinski definition) is 2. The molecule has 98 valence electrons. The van der Waals surface area contributed by atoms with Gasteiger partial charge in [0.15, 0.2) is 0 Å². The van der Waals surface area contributed by atoms with Crippen LogP contribution in [0.25, 0.3) is 0 Å². The Morgan fingerprint density at radius 2 is 1.78 bits per heavy atom. The van der Waals surface area contributed by atoms with Gasteiger partial charge in [-0.15, -0.1) is 0 Å². The van der Waals surface area contributed by atoms with E-state index in [1.54, 1.807) is 0 Å². The molecular weight excluding hydrogens is 291 g/mol. The third kappa shape index (κ3) is 2.66. The summed E-state index contributed by atoms with van der Waals surface area (Å²) in [5, 5.41) is 0.998. The van der Waals surface area contributed by atoms with Gasteiger partial charge in [-0.25, -0.2) is 0 Å². The molecule has 0 saturated carbocycles. The summed E-state index contributed by atoms with van der Waals surface area (Å²) in [6, 6.07) is 10.1. The summed E-state index contributed by atoms with van der Waals surface area (Å²) in [7, 11) is -0.249. The molecule has 1 aromatic carbocycles. The first-order valence-corrected chi connectivity index (χ1v) is 7.57. The van der Waals surface area contributed by atoms with Crippen molar-refractivity contribution in [3.8, 4) is 0 Å². The predicted octanol–water partition coefficient (Wildman–Crippen LogP) is 3.14. The highest BCUT2D eigenvalue weighted by Crippen LogP contribution is 2.40. The number of hydrogen-bond donors (Lipinski definition) is 0. The van der Waals surface area contributed by atoms with Gasteiger partial charge in [0.05, 0.1) is 11.2 Å². The Labute approximate surface area is 118 Å². The van der Waals surface area contributed by atoms with Gasteiger partial charge in [-0.1, -0.05) is 46.3 Å². The van der Waals surface area contributed by atoms with E-state index < -0.39 is 0 Å². The maximum Gasteiger partial charge on any atom is 0.494 e. The summed E-state index contributed by atoms with van der Waals surface area (Å²) < 4.78 is 12.3. The van der Waals surface area contributed by atoms with Gasteiger partial charge in [-0.3, -0.25) is 0 Å². The summed E-state index contributed by atoms with van der Waals surface area (Å²) in [4.78, 5) is 0. The van der Waals surface area contributed by atoms with Crippen molar-refractivity contribution in [3.63, 3.8) is 0 Å². The van der Waals surface area contributed by atoms with Crippen LogP contribution in [0.4, 0.5) is 0 Å². The topological polar surface area (TPSA) is 18.5 Å². The molecule has 1 fully saturated rings. The van der Waals surface area contributed by atoms with E-state index in [0.717, 1.165) is 23.6 Å². The second-order valence-corrected chi connectivity index (χ2v) is 6.31. The average Bonchev–Trinajstić information content (AvgIpc) is 2.59. The van der Waals surface area contributed by atoms with Crippen LogP contribution in [-0.2, 0) is 9.31 Å². The standard InChI is InChI=1S/C14H20BBrO2/c1-13(2)14(3,10-7-11-16)18-15(17-13)12-8-5-4-6-9-12/h4-6,8-9H,7,10-11H2,1-3H3. The molecule has 1 unspecified atom stereocenters. The Bertz CT molecular complexity index is 396. The minimum Gasteiger partial charge on any atom is -0.399 e. The minimum absolute atomic E-state index is 0.235. The van der Waals surface area contributed by atoms with Crippen LogP contribution in [0.1, 0.15) is 33.6 Å². The van der Waals surface area contributed by atoms with Crippen molar-refractivity contribution >= 4 is 28.5 Å². The maximum absolute atomic E-state index is 6.21. The molecule has 0 radical (unpaired) electrons. The van der Waals surface area contributed by atoms with Gasteiger partial charge in [0.25, 0.3) is 0 Å². The van der Waals surface area contributed by atoms with Crippen LogP contribution in [0, 0.1) is 0 Å². The SMILES string of the molecule is CC1(C)OB(c2ccccc2)OC1(C)CCCBr. The molecule has 1 saturated heterocycles. The van der Waals surface area contributed by atoms with E-state index >= 15 is 0 Å². The fraction of sp³-hybridized carbons (Fsp3) is 0.571. The quantitative estimate of drug-likeness (QED) is 0.628. The fourth-order valence-electron chi connectivity index (χ4n) is 2.30. The van der Waals surface area contributed by atoms with Gasteiger partial charge < -0.3 is 9.31 Å². The molecule has 0 aromatic heterocycles. The monoisotopic (exact) mass is 310 g/mol. The molecular formula is C14H20BBrO2. The van der Waals surface area contributed by atoms with E-state index in [9.17, 15) is 0 Å². The summed E-state index contributed by atoms with van der Waals surface area (Å²) in [5.41, 5.74) is 0.588. The van der Waals surface area contributed by atoms with E-state index in [1.807, 2.05) is 18.2 Å². The number of rotatable bonds is 4. The predicted molar refractivity (Wildman–Crippen MR) is 79.5 cm³/mol.